The lowest BCUT2D eigenvalue weighted by Crippen LogP contribution is -2.65. The van der Waals surface area contributed by atoms with Crippen molar-refractivity contribution in [1.82, 2.24) is 0 Å². The second-order valence-corrected chi connectivity index (χ2v) is 10.2. The maximum Gasteiger partial charge on any atom is 0.302 e. The molecule has 0 radical (unpaired) electrons. The Hall–Kier alpha value is -1.45. The maximum absolute atomic E-state index is 13.3. The van der Waals surface area contributed by atoms with Crippen LogP contribution in [0.4, 0.5) is 0 Å². The first-order valence-corrected chi connectivity index (χ1v) is 9.92. The van der Waals surface area contributed by atoms with Gasteiger partial charge in [-0.2, -0.15) is 0 Å². The summed E-state index contributed by atoms with van der Waals surface area (Å²) in [5.41, 5.74) is 0.193. The molecule has 4 rings (SSSR count). The lowest BCUT2D eigenvalue weighted by molar-refractivity contribution is -0.209. The molecule has 4 nitrogen and oxygen atoms in total. The Balaban J connectivity index is 1.87. The smallest absolute Gasteiger partial charge is 0.302 e. The zero-order valence-electron chi connectivity index (χ0n) is 16.4. The van der Waals surface area contributed by atoms with Crippen molar-refractivity contribution in [3.8, 4) is 0 Å². The molecule has 4 aliphatic rings. The summed E-state index contributed by atoms with van der Waals surface area (Å²) in [7, 11) is 0. The van der Waals surface area contributed by atoms with E-state index in [4.69, 9.17) is 4.74 Å². The molecule has 142 valence electrons. The van der Waals surface area contributed by atoms with E-state index in [1.165, 1.54) is 6.92 Å². The van der Waals surface area contributed by atoms with Gasteiger partial charge in [0.1, 0.15) is 17.7 Å². The van der Waals surface area contributed by atoms with Crippen LogP contribution in [0.1, 0.15) is 66.2 Å². The van der Waals surface area contributed by atoms with Gasteiger partial charge < -0.3 is 4.74 Å². The fourth-order valence-electron chi connectivity index (χ4n) is 7.50. The molecule has 4 aliphatic carbocycles. The average molecular weight is 358 g/mol. The highest BCUT2D eigenvalue weighted by molar-refractivity contribution is 5.91. The first-order chi connectivity index (χ1) is 12.0. The minimum absolute atomic E-state index is 0.0333. The van der Waals surface area contributed by atoms with Gasteiger partial charge >= 0.3 is 5.97 Å². The Morgan fingerprint density at radius 3 is 2.54 bits per heavy atom. The van der Waals surface area contributed by atoms with E-state index in [9.17, 15) is 14.4 Å². The number of fused-ring (bicyclic) bond motifs is 3. The van der Waals surface area contributed by atoms with Crippen molar-refractivity contribution in [2.75, 3.05) is 0 Å². The molecule has 0 heterocycles. The van der Waals surface area contributed by atoms with Gasteiger partial charge in [-0.25, -0.2) is 0 Å². The lowest BCUT2D eigenvalue weighted by Gasteiger charge is -2.64. The van der Waals surface area contributed by atoms with Crippen LogP contribution in [0.2, 0.25) is 0 Å². The number of rotatable bonds is 1. The Kier molecular flexibility index (Phi) is 3.65. The Morgan fingerprint density at radius 2 is 1.88 bits per heavy atom. The Morgan fingerprint density at radius 1 is 1.19 bits per heavy atom. The van der Waals surface area contributed by atoms with Crippen molar-refractivity contribution in [1.29, 1.82) is 0 Å². The van der Waals surface area contributed by atoms with E-state index in [1.807, 2.05) is 0 Å². The van der Waals surface area contributed by atoms with Crippen molar-refractivity contribution in [3.05, 3.63) is 12.2 Å². The number of hydrogen-bond donors (Lipinski definition) is 0. The summed E-state index contributed by atoms with van der Waals surface area (Å²) in [6.07, 6.45) is 3.92. The van der Waals surface area contributed by atoms with E-state index in [-0.39, 0.29) is 52.2 Å². The molecule has 0 N–H and O–H groups in total. The second kappa shape index (κ2) is 5.30. The number of allylic oxidation sites excluding steroid dienone is 1. The number of ketones is 2. The quantitative estimate of drug-likeness (QED) is 0.527. The average Bonchev–Trinajstić information content (AvgIpc) is 2.79. The van der Waals surface area contributed by atoms with E-state index >= 15 is 0 Å². The van der Waals surface area contributed by atoms with Crippen LogP contribution in [0.5, 0.6) is 0 Å². The molecule has 0 saturated heterocycles. The first-order valence-electron chi connectivity index (χ1n) is 9.92. The van der Waals surface area contributed by atoms with Crippen molar-refractivity contribution in [2.45, 2.75) is 72.3 Å². The van der Waals surface area contributed by atoms with Crippen molar-refractivity contribution in [2.24, 2.45) is 34.0 Å². The predicted octanol–water partition coefficient (Wildman–Crippen LogP) is 3.88. The molecular weight excluding hydrogens is 328 g/mol. The molecule has 2 bridgehead atoms. The topological polar surface area (TPSA) is 60.4 Å². The zero-order chi connectivity index (χ0) is 19.1. The number of carbonyl (C=O) groups is 3. The highest BCUT2D eigenvalue weighted by atomic mass is 16.5. The SMILES string of the molecule is C=C1C[C@]23C[C@H]1C(=O)C[C@H]2[C@]1(C)C(=O)CCC(C)(C)[C@@H]1[C@H](OC(C)=O)C3. The largest absolute Gasteiger partial charge is 0.462 e. The van der Waals surface area contributed by atoms with Gasteiger partial charge in [0.2, 0.25) is 0 Å². The summed E-state index contributed by atoms with van der Waals surface area (Å²) in [6.45, 7) is 12.1. The first kappa shape index (κ1) is 17.9. The van der Waals surface area contributed by atoms with E-state index in [2.05, 4.69) is 27.4 Å². The van der Waals surface area contributed by atoms with E-state index in [1.54, 1.807) is 0 Å². The standard InChI is InChI=1S/C22H30O4/c1-12-9-22-10-14(12)15(24)8-17(22)21(5)18(25)6-7-20(3,4)19(21)16(11-22)26-13(2)23/h14,16-17,19H,1,6-11H2,2-5H3/t14-,16-,17+,19+,21-,22-/m1/s1. The minimum Gasteiger partial charge on any atom is -0.462 e. The van der Waals surface area contributed by atoms with Gasteiger partial charge in [-0.1, -0.05) is 32.9 Å². The van der Waals surface area contributed by atoms with Gasteiger partial charge in [-0.15, -0.1) is 0 Å². The van der Waals surface area contributed by atoms with Crippen LogP contribution in [-0.2, 0) is 19.1 Å². The van der Waals surface area contributed by atoms with Crippen LogP contribution in [0.3, 0.4) is 0 Å². The van der Waals surface area contributed by atoms with E-state index in [0.717, 1.165) is 31.3 Å². The van der Waals surface area contributed by atoms with Crippen LogP contribution in [0.25, 0.3) is 0 Å². The molecule has 0 aromatic rings. The normalized spacial score (nSPS) is 46.5. The summed E-state index contributed by atoms with van der Waals surface area (Å²) < 4.78 is 5.86. The third kappa shape index (κ3) is 2.16. The van der Waals surface area contributed by atoms with Gasteiger partial charge in [0.25, 0.3) is 0 Å². The van der Waals surface area contributed by atoms with E-state index in [0.29, 0.717) is 12.8 Å². The minimum atomic E-state index is -0.606. The zero-order valence-corrected chi connectivity index (χ0v) is 16.4. The van der Waals surface area contributed by atoms with Crippen LogP contribution in [0.15, 0.2) is 12.2 Å². The summed E-state index contributed by atoms with van der Waals surface area (Å²) in [5, 5.41) is 0. The Labute approximate surface area is 155 Å². The van der Waals surface area contributed by atoms with Crippen LogP contribution in [0, 0.1) is 34.0 Å². The molecular formula is C22H30O4. The summed E-state index contributed by atoms with van der Waals surface area (Å²) in [6, 6.07) is 0. The summed E-state index contributed by atoms with van der Waals surface area (Å²) in [5.74, 6) is 0.190. The van der Waals surface area contributed by atoms with Crippen LogP contribution >= 0.6 is 0 Å². The molecule has 0 aromatic carbocycles. The van der Waals surface area contributed by atoms with Gasteiger partial charge in [0.15, 0.2) is 0 Å². The third-order valence-electron chi connectivity index (χ3n) is 8.32. The molecule has 0 aliphatic heterocycles. The number of esters is 1. The van der Waals surface area contributed by atoms with Crippen molar-refractivity contribution < 1.29 is 19.1 Å². The van der Waals surface area contributed by atoms with Gasteiger partial charge in [0.05, 0.1) is 0 Å². The van der Waals surface area contributed by atoms with Gasteiger partial charge in [0, 0.05) is 37.0 Å². The van der Waals surface area contributed by atoms with Crippen molar-refractivity contribution >= 4 is 17.5 Å². The highest BCUT2D eigenvalue weighted by Crippen LogP contribution is 2.71. The van der Waals surface area contributed by atoms with Crippen LogP contribution < -0.4 is 0 Å². The third-order valence-corrected chi connectivity index (χ3v) is 8.32. The van der Waals surface area contributed by atoms with Crippen LogP contribution in [-0.4, -0.2) is 23.6 Å². The summed E-state index contributed by atoms with van der Waals surface area (Å²) in [4.78, 5) is 38.0. The molecule has 0 amide bonds. The van der Waals surface area contributed by atoms with Crippen molar-refractivity contribution in [3.63, 3.8) is 0 Å². The predicted molar refractivity (Wildman–Crippen MR) is 97.2 cm³/mol. The number of ether oxygens (including phenoxy) is 1. The van der Waals surface area contributed by atoms with Gasteiger partial charge in [-0.3, -0.25) is 14.4 Å². The number of Topliss-reactive ketones (excluding diaryl/α,β-unsaturated/α-hetero) is 2. The molecule has 0 aromatic heterocycles. The molecule has 26 heavy (non-hydrogen) atoms. The maximum atomic E-state index is 13.3. The lowest BCUT2D eigenvalue weighted by atomic mass is 9.40. The van der Waals surface area contributed by atoms with Gasteiger partial charge in [-0.05, 0) is 42.4 Å². The molecule has 4 fully saturated rings. The molecule has 1 spiro atoms. The molecule has 6 atom stereocenters. The fraction of sp³-hybridized carbons (Fsp3) is 0.773. The number of carbonyl (C=O) groups excluding carboxylic acids is 3. The number of hydrogen-bond acceptors (Lipinski definition) is 4. The monoisotopic (exact) mass is 358 g/mol. The molecule has 4 saturated carbocycles. The Bertz CT molecular complexity index is 720. The second-order valence-electron chi connectivity index (χ2n) is 10.2. The summed E-state index contributed by atoms with van der Waals surface area (Å²) >= 11 is 0. The highest BCUT2D eigenvalue weighted by Gasteiger charge is 2.70. The molecule has 0 unspecified atom stereocenters. The fourth-order valence-corrected chi connectivity index (χ4v) is 7.50. The molecule has 4 heteroatoms. The van der Waals surface area contributed by atoms with E-state index < -0.39 is 5.41 Å².